The SMILES string of the molecule is CCOc1ccc(CC(=O)NCCc2ccc3[nH]c(=O)[nH]c3c2)cc1. The van der Waals surface area contributed by atoms with Crippen LogP contribution in [-0.4, -0.2) is 29.0 Å². The van der Waals surface area contributed by atoms with Gasteiger partial charge in [0.25, 0.3) is 0 Å². The van der Waals surface area contributed by atoms with Gasteiger partial charge in [-0.15, -0.1) is 0 Å². The van der Waals surface area contributed by atoms with Crippen molar-refractivity contribution in [3.8, 4) is 5.75 Å². The summed E-state index contributed by atoms with van der Waals surface area (Å²) in [6.45, 7) is 3.12. The van der Waals surface area contributed by atoms with Gasteiger partial charge in [0, 0.05) is 6.54 Å². The van der Waals surface area contributed by atoms with Crippen molar-refractivity contribution in [2.45, 2.75) is 19.8 Å². The molecule has 25 heavy (non-hydrogen) atoms. The molecule has 0 saturated heterocycles. The minimum absolute atomic E-state index is 0.0136. The number of hydrogen-bond donors (Lipinski definition) is 3. The molecule has 1 amide bonds. The molecule has 0 spiro atoms. The Morgan fingerprint density at radius 3 is 2.52 bits per heavy atom. The van der Waals surface area contributed by atoms with Crippen LogP contribution in [0.5, 0.6) is 5.75 Å². The number of benzene rings is 2. The first kappa shape index (κ1) is 16.8. The minimum atomic E-state index is -0.212. The highest BCUT2D eigenvalue weighted by atomic mass is 16.5. The van der Waals surface area contributed by atoms with Gasteiger partial charge in [0.1, 0.15) is 5.75 Å². The van der Waals surface area contributed by atoms with Gasteiger partial charge in [-0.25, -0.2) is 4.79 Å². The first-order valence-corrected chi connectivity index (χ1v) is 8.33. The summed E-state index contributed by atoms with van der Waals surface area (Å²) in [5, 5.41) is 2.92. The Kier molecular flexibility index (Phi) is 5.18. The first-order chi connectivity index (χ1) is 12.1. The zero-order valence-corrected chi connectivity index (χ0v) is 14.1. The molecule has 0 aliphatic carbocycles. The number of fused-ring (bicyclic) bond motifs is 1. The lowest BCUT2D eigenvalue weighted by molar-refractivity contribution is -0.120. The van der Waals surface area contributed by atoms with E-state index in [2.05, 4.69) is 15.3 Å². The Morgan fingerprint density at radius 2 is 1.76 bits per heavy atom. The molecule has 3 aromatic rings. The van der Waals surface area contributed by atoms with E-state index >= 15 is 0 Å². The molecule has 0 fully saturated rings. The van der Waals surface area contributed by atoms with Crippen molar-refractivity contribution in [1.82, 2.24) is 15.3 Å². The predicted octanol–water partition coefficient (Wildman–Crippen LogP) is 2.16. The summed E-state index contributed by atoms with van der Waals surface area (Å²) in [6.07, 6.45) is 1.05. The molecule has 3 rings (SSSR count). The molecular formula is C19H21N3O3. The van der Waals surface area contributed by atoms with Gasteiger partial charge in [-0.2, -0.15) is 0 Å². The highest BCUT2D eigenvalue weighted by Gasteiger charge is 2.05. The largest absolute Gasteiger partial charge is 0.494 e. The van der Waals surface area contributed by atoms with Crippen LogP contribution in [0.2, 0.25) is 0 Å². The Hall–Kier alpha value is -3.02. The van der Waals surface area contributed by atoms with Crippen LogP contribution in [0.3, 0.4) is 0 Å². The third kappa shape index (κ3) is 4.50. The van der Waals surface area contributed by atoms with Crippen LogP contribution < -0.4 is 15.7 Å². The Labute approximate surface area is 145 Å². The third-order valence-corrected chi connectivity index (χ3v) is 3.92. The van der Waals surface area contributed by atoms with Crippen LogP contribution in [0.4, 0.5) is 0 Å². The molecule has 3 N–H and O–H groups in total. The van der Waals surface area contributed by atoms with E-state index in [-0.39, 0.29) is 11.6 Å². The maximum atomic E-state index is 12.0. The number of aromatic amines is 2. The summed E-state index contributed by atoms with van der Waals surface area (Å²) in [6, 6.07) is 13.3. The lowest BCUT2D eigenvalue weighted by Crippen LogP contribution is -2.27. The quantitative estimate of drug-likeness (QED) is 0.616. The molecule has 6 heteroatoms. The van der Waals surface area contributed by atoms with E-state index in [1.54, 1.807) is 0 Å². The zero-order valence-electron chi connectivity index (χ0n) is 14.1. The van der Waals surface area contributed by atoms with Gasteiger partial charge in [0.15, 0.2) is 0 Å². The van der Waals surface area contributed by atoms with Crippen LogP contribution in [-0.2, 0) is 17.6 Å². The van der Waals surface area contributed by atoms with Crippen LogP contribution in [0.25, 0.3) is 11.0 Å². The molecule has 1 heterocycles. The smallest absolute Gasteiger partial charge is 0.323 e. The van der Waals surface area contributed by atoms with Gasteiger partial charge >= 0.3 is 5.69 Å². The van der Waals surface area contributed by atoms with Crippen molar-refractivity contribution >= 4 is 16.9 Å². The average Bonchev–Trinajstić information content (AvgIpc) is 2.96. The van der Waals surface area contributed by atoms with Gasteiger partial charge in [-0.3, -0.25) is 4.79 Å². The molecule has 0 atom stereocenters. The maximum absolute atomic E-state index is 12.0. The number of hydrogen-bond acceptors (Lipinski definition) is 3. The molecule has 0 aliphatic heterocycles. The molecule has 1 aromatic heterocycles. The zero-order chi connectivity index (χ0) is 17.6. The number of nitrogens with one attached hydrogen (secondary N) is 3. The molecule has 0 unspecified atom stereocenters. The second-order valence-electron chi connectivity index (χ2n) is 5.81. The highest BCUT2D eigenvalue weighted by Crippen LogP contribution is 2.13. The first-order valence-electron chi connectivity index (χ1n) is 8.33. The van der Waals surface area contributed by atoms with Crippen LogP contribution in [0.15, 0.2) is 47.3 Å². The number of aromatic nitrogens is 2. The highest BCUT2D eigenvalue weighted by molar-refractivity contribution is 5.78. The molecule has 0 radical (unpaired) electrons. The van der Waals surface area contributed by atoms with Crippen molar-refractivity contribution in [3.63, 3.8) is 0 Å². The Bertz CT molecular complexity index is 910. The second kappa shape index (κ2) is 7.70. The number of carbonyl (C=O) groups excluding carboxylic acids is 1. The molecule has 130 valence electrons. The summed E-state index contributed by atoms with van der Waals surface area (Å²) < 4.78 is 5.39. The van der Waals surface area contributed by atoms with Gasteiger partial charge in [-0.1, -0.05) is 18.2 Å². The van der Waals surface area contributed by atoms with Crippen molar-refractivity contribution in [1.29, 1.82) is 0 Å². The summed E-state index contributed by atoms with van der Waals surface area (Å²) >= 11 is 0. The standard InChI is InChI=1S/C19H21N3O3/c1-2-25-15-6-3-13(4-7-15)12-18(23)20-10-9-14-5-8-16-17(11-14)22-19(24)21-16/h3-8,11H,2,9-10,12H2,1H3,(H,20,23)(H2,21,22,24). The van der Waals surface area contributed by atoms with E-state index in [0.29, 0.717) is 26.0 Å². The monoisotopic (exact) mass is 339 g/mol. The Balaban J connectivity index is 1.48. The summed E-state index contributed by atoms with van der Waals surface area (Å²) in [7, 11) is 0. The summed E-state index contributed by atoms with van der Waals surface area (Å²) in [4.78, 5) is 28.7. The lowest BCUT2D eigenvalue weighted by Gasteiger charge is -2.07. The van der Waals surface area contributed by atoms with Crippen molar-refractivity contribution < 1.29 is 9.53 Å². The van der Waals surface area contributed by atoms with E-state index < -0.39 is 0 Å². The average molecular weight is 339 g/mol. The van der Waals surface area contributed by atoms with E-state index in [0.717, 1.165) is 27.9 Å². The normalized spacial score (nSPS) is 10.8. The Morgan fingerprint density at radius 1 is 1.04 bits per heavy atom. The van der Waals surface area contributed by atoms with Crippen LogP contribution in [0, 0.1) is 0 Å². The summed E-state index contributed by atoms with van der Waals surface area (Å²) in [5.41, 5.74) is 3.36. The number of rotatable bonds is 7. The fourth-order valence-corrected chi connectivity index (χ4v) is 2.70. The fraction of sp³-hybridized carbons (Fsp3) is 0.263. The van der Waals surface area contributed by atoms with E-state index in [1.807, 2.05) is 49.4 Å². The lowest BCUT2D eigenvalue weighted by atomic mass is 10.1. The number of H-pyrrole nitrogens is 2. The van der Waals surface area contributed by atoms with Gasteiger partial charge in [0.05, 0.1) is 24.1 Å². The number of amides is 1. The molecular weight excluding hydrogens is 318 g/mol. The molecule has 0 saturated carbocycles. The molecule has 0 aliphatic rings. The number of carbonyl (C=O) groups is 1. The second-order valence-corrected chi connectivity index (χ2v) is 5.81. The molecule has 6 nitrogen and oxygen atoms in total. The van der Waals surface area contributed by atoms with Gasteiger partial charge in [-0.05, 0) is 48.7 Å². The van der Waals surface area contributed by atoms with Crippen LogP contribution in [0.1, 0.15) is 18.1 Å². The van der Waals surface area contributed by atoms with Crippen molar-refractivity contribution in [2.24, 2.45) is 0 Å². The van der Waals surface area contributed by atoms with Crippen LogP contribution >= 0.6 is 0 Å². The van der Waals surface area contributed by atoms with Crippen molar-refractivity contribution in [2.75, 3.05) is 13.2 Å². The van der Waals surface area contributed by atoms with E-state index in [1.165, 1.54) is 0 Å². The maximum Gasteiger partial charge on any atom is 0.323 e. The van der Waals surface area contributed by atoms with Gasteiger partial charge in [0.2, 0.25) is 5.91 Å². The van der Waals surface area contributed by atoms with Crippen molar-refractivity contribution in [3.05, 3.63) is 64.1 Å². The number of imidazole rings is 1. The topological polar surface area (TPSA) is 87.0 Å². The van der Waals surface area contributed by atoms with Gasteiger partial charge < -0.3 is 20.0 Å². The fourth-order valence-electron chi connectivity index (χ4n) is 2.70. The molecule has 2 aromatic carbocycles. The van der Waals surface area contributed by atoms with E-state index in [9.17, 15) is 9.59 Å². The minimum Gasteiger partial charge on any atom is -0.494 e. The third-order valence-electron chi connectivity index (χ3n) is 3.92. The van der Waals surface area contributed by atoms with E-state index in [4.69, 9.17) is 4.74 Å². The predicted molar refractivity (Wildman–Crippen MR) is 96.9 cm³/mol. The number of ether oxygens (including phenoxy) is 1. The summed E-state index contributed by atoms with van der Waals surface area (Å²) in [5.74, 6) is 0.796. The molecule has 0 bridgehead atoms.